The fourth-order valence-corrected chi connectivity index (χ4v) is 3.13. The lowest BCUT2D eigenvalue weighted by atomic mass is 10.2. The van der Waals surface area contributed by atoms with Gasteiger partial charge in [0, 0.05) is 17.4 Å². The Labute approximate surface area is 164 Å². The van der Waals surface area contributed by atoms with Gasteiger partial charge in [0.1, 0.15) is 0 Å². The van der Waals surface area contributed by atoms with Crippen LogP contribution in [0.1, 0.15) is 24.6 Å². The van der Waals surface area contributed by atoms with E-state index < -0.39 is 11.9 Å². The van der Waals surface area contributed by atoms with Gasteiger partial charge in [0.05, 0.1) is 5.69 Å². The molecule has 2 aromatic heterocycles. The van der Waals surface area contributed by atoms with Crippen LogP contribution in [0.3, 0.4) is 0 Å². The normalized spacial score (nSPS) is 12.1. The highest BCUT2D eigenvalue weighted by Gasteiger charge is 2.18. The van der Waals surface area contributed by atoms with Crippen LogP contribution in [-0.4, -0.2) is 15.4 Å². The number of hydrogen-bond acceptors (Lipinski definition) is 7. The molecular formula is C20H16FN3O3S. The number of para-hydroxylation sites is 1. The third-order valence-corrected chi connectivity index (χ3v) is 4.72. The molecule has 0 unspecified atom stereocenters. The topological polar surface area (TPSA) is 74.2 Å². The molecule has 6 nitrogen and oxygen atoms in total. The maximum Gasteiger partial charge on any atom is 0.277 e. The van der Waals surface area contributed by atoms with Crippen molar-refractivity contribution in [1.29, 1.82) is 0 Å². The number of ether oxygens (including phenoxy) is 1. The van der Waals surface area contributed by atoms with Crippen LogP contribution in [0.2, 0.25) is 0 Å². The highest BCUT2D eigenvalue weighted by atomic mass is 32.2. The second-order valence-electron chi connectivity index (χ2n) is 5.93. The molecule has 0 fully saturated rings. The summed E-state index contributed by atoms with van der Waals surface area (Å²) in [5.41, 5.74) is 1.73. The van der Waals surface area contributed by atoms with Crippen molar-refractivity contribution in [2.75, 3.05) is 0 Å². The molecule has 2 aromatic carbocycles. The second kappa shape index (κ2) is 8.26. The van der Waals surface area contributed by atoms with E-state index in [1.807, 2.05) is 36.4 Å². The zero-order valence-electron chi connectivity index (χ0n) is 14.9. The molecule has 8 heteroatoms. The Morgan fingerprint density at radius 3 is 2.68 bits per heavy atom. The van der Waals surface area contributed by atoms with Gasteiger partial charge in [-0.3, -0.25) is 0 Å². The molecule has 28 heavy (non-hydrogen) atoms. The molecule has 0 aliphatic heterocycles. The van der Waals surface area contributed by atoms with Gasteiger partial charge < -0.3 is 13.7 Å². The summed E-state index contributed by atoms with van der Waals surface area (Å²) in [5.74, 6) is 1.19. The van der Waals surface area contributed by atoms with Crippen LogP contribution in [0.4, 0.5) is 4.39 Å². The van der Waals surface area contributed by atoms with Gasteiger partial charge in [0.2, 0.25) is 0 Å². The standard InChI is InChI=1S/C20H16FN3O3S/c1-13(25-17-10-6-5-9-16(17)21)19-22-23-20(26-19)28-12-15-11-18(27-24-15)14-7-3-2-4-8-14/h2-11,13H,12H2,1H3/t13-/m0/s1. The minimum Gasteiger partial charge on any atom is -0.478 e. The zero-order chi connectivity index (χ0) is 19.3. The molecular weight excluding hydrogens is 381 g/mol. The van der Waals surface area contributed by atoms with E-state index in [0.717, 1.165) is 11.3 Å². The molecule has 142 valence electrons. The molecule has 0 spiro atoms. The van der Waals surface area contributed by atoms with Gasteiger partial charge in [-0.15, -0.1) is 10.2 Å². The first-order valence-corrected chi connectivity index (χ1v) is 9.56. The Morgan fingerprint density at radius 1 is 1.07 bits per heavy atom. The summed E-state index contributed by atoms with van der Waals surface area (Å²) in [7, 11) is 0. The Hall–Kier alpha value is -3.13. The maximum atomic E-state index is 13.7. The predicted octanol–water partition coefficient (Wildman–Crippen LogP) is 5.30. The van der Waals surface area contributed by atoms with Crippen molar-refractivity contribution in [3.05, 3.63) is 78.1 Å². The third-order valence-electron chi connectivity index (χ3n) is 3.87. The molecule has 2 heterocycles. The predicted molar refractivity (Wildman–Crippen MR) is 101 cm³/mol. The average Bonchev–Trinajstić information content (AvgIpc) is 3.38. The molecule has 0 amide bonds. The van der Waals surface area contributed by atoms with Crippen LogP contribution in [0.15, 0.2) is 74.8 Å². The van der Waals surface area contributed by atoms with Crippen LogP contribution in [0, 0.1) is 5.82 Å². The number of hydrogen-bond donors (Lipinski definition) is 0. The number of rotatable bonds is 7. The Balaban J connectivity index is 1.36. The molecule has 1 atom stereocenters. The fraction of sp³-hybridized carbons (Fsp3) is 0.150. The van der Waals surface area contributed by atoms with E-state index in [-0.39, 0.29) is 11.6 Å². The largest absolute Gasteiger partial charge is 0.478 e. The molecule has 0 radical (unpaired) electrons. The number of nitrogens with zero attached hydrogens (tertiary/aromatic N) is 3. The van der Waals surface area contributed by atoms with E-state index in [1.54, 1.807) is 25.1 Å². The van der Waals surface area contributed by atoms with E-state index >= 15 is 0 Å². The number of thioether (sulfide) groups is 1. The first-order valence-electron chi connectivity index (χ1n) is 8.57. The smallest absolute Gasteiger partial charge is 0.277 e. The summed E-state index contributed by atoms with van der Waals surface area (Å²) in [4.78, 5) is 0. The van der Waals surface area contributed by atoms with Crippen molar-refractivity contribution in [2.45, 2.75) is 24.0 Å². The van der Waals surface area contributed by atoms with Crippen molar-refractivity contribution >= 4 is 11.8 Å². The van der Waals surface area contributed by atoms with Crippen molar-refractivity contribution in [3.8, 4) is 17.1 Å². The highest BCUT2D eigenvalue weighted by Crippen LogP contribution is 2.28. The summed E-state index contributed by atoms with van der Waals surface area (Å²) >= 11 is 1.34. The first-order chi connectivity index (χ1) is 13.7. The Bertz CT molecular complexity index is 1050. The Kier molecular flexibility index (Phi) is 5.38. The van der Waals surface area contributed by atoms with E-state index in [0.29, 0.717) is 16.7 Å². The summed E-state index contributed by atoms with van der Waals surface area (Å²) in [6.45, 7) is 1.72. The lowest BCUT2D eigenvalue weighted by molar-refractivity contribution is 0.174. The van der Waals surface area contributed by atoms with Crippen molar-refractivity contribution in [2.24, 2.45) is 0 Å². The van der Waals surface area contributed by atoms with Gasteiger partial charge >= 0.3 is 0 Å². The van der Waals surface area contributed by atoms with Crippen molar-refractivity contribution in [3.63, 3.8) is 0 Å². The van der Waals surface area contributed by atoms with E-state index in [9.17, 15) is 4.39 Å². The summed E-state index contributed by atoms with van der Waals surface area (Å²) in [6, 6.07) is 17.8. The number of benzene rings is 2. The second-order valence-corrected chi connectivity index (χ2v) is 6.86. The van der Waals surface area contributed by atoms with Gasteiger partial charge in [-0.2, -0.15) is 0 Å². The first kappa shape index (κ1) is 18.2. The number of aromatic nitrogens is 3. The van der Waals surface area contributed by atoms with E-state index in [2.05, 4.69) is 15.4 Å². The lowest BCUT2D eigenvalue weighted by Gasteiger charge is -2.11. The quantitative estimate of drug-likeness (QED) is 0.392. The fourth-order valence-electron chi connectivity index (χ4n) is 2.48. The van der Waals surface area contributed by atoms with Gasteiger partial charge in [-0.1, -0.05) is 59.4 Å². The minimum atomic E-state index is -0.574. The van der Waals surface area contributed by atoms with Gasteiger partial charge in [0.25, 0.3) is 11.1 Å². The molecule has 0 saturated heterocycles. The van der Waals surface area contributed by atoms with Gasteiger partial charge in [-0.25, -0.2) is 4.39 Å². The van der Waals surface area contributed by atoms with Crippen LogP contribution in [0.25, 0.3) is 11.3 Å². The van der Waals surface area contributed by atoms with E-state index in [4.69, 9.17) is 13.7 Å². The van der Waals surface area contributed by atoms with Crippen LogP contribution in [0.5, 0.6) is 5.75 Å². The summed E-state index contributed by atoms with van der Waals surface area (Å²) in [6.07, 6.45) is -0.574. The van der Waals surface area contributed by atoms with Crippen molar-refractivity contribution < 1.29 is 18.1 Å². The third kappa shape index (κ3) is 4.23. The monoisotopic (exact) mass is 397 g/mol. The van der Waals surface area contributed by atoms with Crippen molar-refractivity contribution in [1.82, 2.24) is 15.4 Å². The molecule has 0 aliphatic rings. The highest BCUT2D eigenvalue weighted by molar-refractivity contribution is 7.98. The zero-order valence-corrected chi connectivity index (χ0v) is 15.7. The SMILES string of the molecule is C[C@H](Oc1ccccc1F)c1nnc(SCc2cc(-c3ccccc3)on2)o1. The maximum absolute atomic E-state index is 13.7. The minimum absolute atomic E-state index is 0.137. The summed E-state index contributed by atoms with van der Waals surface area (Å²) < 4.78 is 30.2. The Morgan fingerprint density at radius 2 is 1.86 bits per heavy atom. The van der Waals surface area contributed by atoms with Gasteiger partial charge in [0.15, 0.2) is 23.4 Å². The number of halogens is 1. The molecule has 4 rings (SSSR count). The van der Waals surface area contributed by atoms with Gasteiger partial charge in [-0.05, 0) is 19.1 Å². The molecule has 0 N–H and O–H groups in total. The molecule has 0 bridgehead atoms. The van der Waals surface area contributed by atoms with E-state index in [1.165, 1.54) is 17.8 Å². The molecule has 0 saturated carbocycles. The average molecular weight is 397 g/mol. The summed E-state index contributed by atoms with van der Waals surface area (Å²) in [5, 5.41) is 12.4. The molecule has 0 aliphatic carbocycles. The van der Waals surface area contributed by atoms with Crippen LogP contribution < -0.4 is 4.74 Å². The lowest BCUT2D eigenvalue weighted by Crippen LogP contribution is -2.04. The van der Waals surface area contributed by atoms with Crippen LogP contribution >= 0.6 is 11.8 Å². The van der Waals surface area contributed by atoms with Crippen LogP contribution in [-0.2, 0) is 5.75 Å². The molecule has 4 aromatic rings.